The topological polar surface area (TPSA) is 69.9 Å². The van der Waals surface area contributed by atoms with Crippen molar-refractivity contribution in [2.75, 3.05) is 5.73 Å². The van der Waals surface area contributed by atoms with Crippen LogP contribution in [0.4, 0.5) is 5.82 Å². The second-order valence-corrected chi connectivity index (χ2v) is 3.49. The molecule has 0 aromatic carbocycles. The molecule has 86 valence electrons. The van der Waals surface area contributed by atoms with Crippen molar-refractivity contribution in [3.8, 4) is 0 Å². The van der Waals surface area contributed by atoms with Crippen molar-refractivity contribution in [2.24, 2.45) is 5.73 Å². The number of nitrogen functional groups attached to an aromatic ring is 1. The van der Waals surface area contributed by atoms with Crippen LogP contribution in [0.15, 0.2) is 36.4 Å². The third-order valence-electron chi connectivity index (χ3n) is 2.26. The van der Waals surface area contributed by atoms with Gasteiger partial charge in [-0.2, -0.15) is 5.10 Å². The molecule has 0 unspecified atom stereocenters. The molecule has 4 nitrogen and oxygen atoms in total. The van der Waals surface area contributed by atoms with E-state index < -0.39 is 0 Å². The minimum atomic E-state index is 0.537. The summed E-state index contributed by atoms with van der Waals surface area (Å²) in [7, 11) is 0. The molecule has 0 saturated carbocycles. The fourth-order valence-electron chi connectivity index (χ4n) is 1.28. The summed E-state index contributed by atoms with van der Waals surface area (Å²) < 4.78 is 1.56. The molecule has 0 radical (unpaired) electrons. The molecule has 0 aliphatic carbocycles. The zero-order valence-electron chi connectivity index (χ0n) is 9.77. The summed E-state index contributed by atoms with van der Waals surface area (Å²) in [6.45, 7) is 7.53. The van der Waals surface area contributed by atoms with Crippen molar-refractivity contribution in [3.05, 3.63) is 42.1 Å². The molecule has 0 bridgehead atoms. The molecule has 0 fully saturated rings. The Morgan fingerprint density at radius 3 is 2.81 bits per heavy atom. The van der Waals surface area contributed by atoms with E-state index in [4.69, 9.17) is 11.5 Å². The van der Waals surface area contributed by atoms with Crippen LogP contribution in [0.1, 0.15) is 19.5 Å². The Labute approximate surface area is 95.9 Å². The standard InChI is InChI=1S/C12H18N4/c1-4-6-7-9(3)12(14)16-11(13)8-10(5-2)15-16/h4,6-8H,1,5,13-14H2,2-3H3/b7-6-,12-9+. The summed E-state index contributed by atoms with van der Waals surface area (Å²) in [5, 5.41) is 4.31. The molecular weight excluding hydrogens is 200 g/mol. The number of nitrogens with two attached hydrogens (primary N) is 2. The number of anilines is 1. The first-order chi connectivity index (χ1) is 7.60. The molecule has 1 rings (SSSR count). The lowest BCUT2D eigenvalue weighted by Crippen LogP contribution is -2.12. The Morgan fingerprint density at radius 2 is 2.31 bits per heavy atom. The van der Waals surface area contributed by atoms with E-state index in [-0.39, 0.29) is 0 Å². The van der Waals surface area contributed by atoms with Crippen molar-refractivity contribution in [1.82, 2.24) is 9.78 Å². The maximum absolute atomic E-state index is 5.96. The summed E-state index contributed by atoms with van der Waals surface area (Å²) in [5.74, 6) is 1.09. The first kappa shape index (κ1) is 12.1. The number of aromatic nitrogens is 2. The van der Waals surface area contributed by atoms with Crippen LogP contribution in [0, 0.1) is 0 Å². The Balaban J connectivity index is 3.11. The fraction of sp³-hybridized carbons (Fsp3) is 0.250. The molecule has 0 atom stereocenters. The Bertz CT molecular complexity index is 438. The van der Waals surface area contributed by atoms with Gasteiger partial charge in [-0.15, -0.1) is 0 Å². The fourth-order valence-corrected chi connectivity index (χ4v) is 1.28. The molecule has 0 amide bonds. The van der Waals surface area contributed by atoms with E-state index in [2.05, 4.69) is 11.7 Å². The molecular formula is C12H18N4. The number of allylic oxidation sites excluding steroid dienone is 4. The van der Waals surface area contributed by atoms with Crippen LogP contribution in [-0.4, -0.2) is 9.78 Å². The summed E-state index contributed by atoms with van der Waals surface area (Å²) >= 11 is 0. The van der Waals surface area contributed by atoms with Crippen LogP contribution in [0.2, 0.25) is 0 Å². The molecule has 0 aliphatic rings. The van der Waals surface area contributed by atoms with Crippen molar-refractivity contribution in [2.45, 2.75) is 20.3 Å². The zero-order chi connectivity index (χ0) is 12.1. The lowest BCUT2D eigenvalue weighted by atomic mass is 10.2. The van der Waals surface area contributed by atoms with Gasteiger partial charge >= 0.3 is 0 Å². The number of hydrogen-bond donors (Lipinski definition) is 2. The normalized spacial score (nSPS) is 12.9. The summed E-state index contributed by atoms with van der Waals surface area (Å²) in [6, 6.07) is 1.83. The number of nitrogens with zero attached hydrogens (tertiary/aromatic N) is 2. The highest BCUT2D eigenvalue weighted by atomic mass is 15.3. The molecule has 16 heavy (non-hydrogen) atoms. The van der Waals surface area contributed by atoms with E-state index in [0.29, 0.717) is 11.6 Å². The molecule has 0 aliphatic heterocycles. The van der Waals surface area contributed by atoms with Gasteiger partial charge in [0.15, 0.2) is 0 Å². The molecule has 1 aromatic heterocycles. The van der Waals surface area contributed by atoms with Gasteiger partial charge < -0.3 is 11.5 Å². The summed E-state index contributed by atoms with van der Waals surface area (Å²) in [4.78, 5) is 0. The maximum atomic E-state index is 5.96. The van der Waals surface area contributed by atoms with Crippen LogP contribution in [0.25, 0.3) is 5.82 Å². The molecule has 4 N–H and O–H groups in total. The van der Waals surface area contributed by atoms with E-state index in [1.807, 2.05) is 32.1 Å². The van der Waals surface area contributed by atoms with Gasteiger partial charge in [-0.25, -0.2) is 4.68 Å². The minimum absolute atomic E-state index is 0.537. The third kappa shape index (κ3) is 2.53. The van der Waals surface area contributed by atoms with Gasteiger partial charge in [0.2, 0.25) is 0 Å². The van der Waals surface area contributed by atoms with E-state index in [1.165, 1.54) is 0 Å². The van der Waals surface area contributed by atoms with Gasteiger partial charge in [0, 0.05) is 6.07 Å². The van der Waals surface area contributed by atoms with Gasteiger partial charge in [0.1, 0.15) is 11.6 Å². The molecule has 0 saturated heterocycles. The summed E-state index contributed by atoms with van der Waals surface area (Å²) in [6.07, 6.45) is 6.23. The highest BCUT2D eigenvalue weighted by molar-refractivity contribution is 5.55. The van der Waals surface area contributed by atoms with Gasteiger partial charge in [-0.1, -0.05) is 31.7 Å². The summed E-state index contributed by atoms with van der Waals surface area (Å²) in [5.41, 5.74) is 13.6. The van der Waals surface area contributed by atoms with Crippen molar-refractivity contribution < 1.29 is 0 Å². The van der Waals surface area contributed by atoms with Gasteiger partial charge in [-0.3, -0.25) is 0 Å². The lowest BCUT2D eigenvalue weighted by molar-refractivity contribution is 0.849. The average molecular weight is 218 g/mol. The Kier molecular flexibility index (Phi) is 3.94. The van der Waals surface area contributed by atoms with Crippen LogP contribution in [-0.2, 0) is 6.42 Å². The smallest absolute Gasteiger partial charge is 0.130 e. The Hall–Kier alpha value is -1.97. The predicted octanol–water partition coefficient (Wildman–Crippen LogP) is 1.92. The number of hydrogen-bond acceptors (Lipinski definition) is 3. The first-order valence-corrected chi connectivity index (χ1v) is 5.20. The average Bonchev–Trinajstić information content (AvgIpc) is 2.66. The molecule has 1 aromatic rings. The van der Waals surface area contributed by atoms with Crippen molar-refractivity contribution in [1.29, 1.82) is 0 Å². The largest absolute Gasteiger partial charge is 0.384 e. The Morgan fingerprint density at radius 1 is 1.62 bits per heavy atom. The third-order valence-corrected chi connectivity index (χ3v) is 2.26. The van der Waals surface area contributed by atoms with E-state index in [0.717, 1.165) is 17.7 Å². The number of rotatable bonds is 4. The second kappa shape index (κ2) is 5.21. The monoisotopic (exact) mass is 218 g/mol. The van der Waals surface area contributed by atoms with Crippen molar-refractivity contribution in [3.63, 3.8) is 0 Å². The van der Waals surface area contributed by atoms with Gasteiger partial charge in [0.05, 0.1) is 5.69 Å². The van der Waals surface area contributed by atoms with Gasteiger partial charge in [0.25, 0.3) is 0 Å². The lowest BCUT2D eigenvalue weighted by Gasteiger charge is -2.05. The molecule has 1 heterocycles. The SMILES string of the molecule is C=C/C=C\C(C)=C(/N)n1nc(CC)cc1N. The van der Waals surface area contributed by atoms with Crippen LogP contribution in [0.5, 0.6) is 0 Å². The molecule has 4 heteroatoms. The first-order valence-electron chi connectivity index (χ1n) is 5.20. The van der Waals surface area contributed by atoms with E-state index in [9.17, 15) is 0 Å². The predicted molar refractivity (Wildman–Crippen MR) is 68.4 cm³/mol. The van der Waals surface area contributed by atoms with Crippen LogP contribution in [0.3, 0.4) is 0 Å². The number of aryl methyl sites for hydroxylation is 1. The quantitative estimate of drug-likeness (QED) is 0.758. The van der Waals surface area contributed by atoms with Crippen LogP contribution >= 0.6 is 0 Å². The highest BCUT2D eigenvalue weighted by Gasteiger charge is 2.06. The van der Waals surface area contributed by atoms with Crippen LogP contribution < -0.4 is 11.5 Å². The van der Waals surface area contributed by atoms with Gasteiger partial charge in [-0.05, 0) is 18.9 Å². The highest BCUT2D eigenvalue weighted by Crippen LogP contribution is 2.13. The second-order valence-electron chi connectivity index (χ2n) is 3.49. The van der Waals surface area contributed by atoms with E-state index >= 15 is 0 Å². The molecule has 0 spiro atoms. The van der Waals surface area contributed by atoms with E-state index in [1.54, 1.807) is 10.8 Å². The maximum Gasteiger partial charge on any atom is 0.130 e. The zero-order valence-corrected chi connectivity index (χ0v) is 9.77. The van der Waals surface area contributed by atoms with Crippen molar-refractivity contribution >= 4 is 11.6 Å². The minimum Gasteiger partial charge on any atom is -0.384 e.